The Labute approximate surface area is 169 Å². The van der Waals surface area contributed by atoms with Gasteiger partial charge in [-0.2, -0.15) is 0 Å². The minimum Gasteiger partial charge on any atom is -0.309 e. The van der Waals surface area contributed by atoms with E-state index in [0.717, 1.165) is 48.0 Å². The number of fused-ring (bicyclic) bond motifs is 5. The van der Waals surface area contributed by atoms with Gasteiger partial charge in [-0.15, -0.1) is 10.2 Å². The van der Waals surface area contributed by atoms with Crippen molar-refractivity contribution in [2.45, 2.75) is 69.5 Å². The molecule has 0 N–H and O–H groups in total. The quantitative estimate of drug-likeness (QED) is 0.616. The van der Waals surface area contributed by atoms with Gasteiger partial charge in [0.2, 0.25) is 5.78 Å². The predicted molar refractivity (Wildman–Crippen MR) is 113 cm³/mol. The van der Waals surface area contributed by atoms with Gasteiger partial charge in [-0.25, -0.2) is 4.40 Å². The maximum atomic E-state index is 13.9. The first-order valence-corrected chi connectivity index (χ1v) is 11.4. The highest BCUT2D eigenvalue weighted by Gasteiger charge is 2.43. The molecule has 146 valence electrons. The number of benzene rings is 1. The maximum absolute atomic E-state index is 13.9. The zero-order valence-corrected chi connectivity index (χ0v) is 17.4. The molecule has 0 atom stereocenters. The summed E-state index contributed by atoms with van der Waals surface area (Å²) in [7, 11) is 0. The summed E-state index contributed by atoms with van der Waals surface area (Å²) in [5.74, 6) is 1.54. The van der Waals surface area contributed by atoms with Crippen LogP contribution in [-0.4, -0.2) is 24.9 Å². The Morgan fingerprint density at radius 2 is 1.89 bits per heavy atom. The molecular formula is C22H26N4OS. The van der Waals surface area contributed by atoms with Crippen molar-refractivity contribution < 1.29 is 0 Å². The van der Waals surface area contributed by atoms with Crippen LogP contribution in [0, 0.1) is 0 Å². The first kappa shape index (κ1) is 18.0. The second-order valence-electron chi connectivity index (χ2n) is 8.00. The number of hydrogen-bond acceptors (Lipinski definition) is 4. The molecule has 2 heterocycles. The maximum Gasteiger partial charge on any atom is 0.265 e. The van der Waals surface area contributed by atoms with E-state index in [9.17, 15) is 4.79 Å². The number of thioether (sulfide) groups is 1. The first-order valence-electron chi connectivity index (χ1n) is 10.4. The molecule has 5 nitrogen and oxygen atoms in total. The molecule has 6 heteroatoms. The molecule has 2 aromatic heterocycles. The molecule has 1 saturated carbocycles. The molecule has 1 aromatic carbocycles. The minimum atomic E-state index is -0.0530. The van der Waals surface area contributed by atoms with E-state index in [1.165, 1.54) is 30.4 Å². The van der Waals surface area contributed by atoms with E-state index in [-0.39, 0.29) is 11.0 Å². The van der Waals surface area contributed by atoms with Crippen LogP contribution in [0.3, 0.4) is 0 Å². The third-order valence-corrected chi connectivity index (χ3v) is 7.32. The fourth-order valence-corrected chi connectivity index (χ4v) is 6.01. The topological polar surface area (TPSA) is 52.2 Å². The van der Waals surface area contributed by atoms with Crippen molar-refractivity contribution in [2.75, 3.05) is 5.75 Å². The summed E-state index contributed by atoms with van der Waals surface area (Å²) in [6, 6.07) is 8.62. The van der Waals surface area contributed by atoms with Crippen molar-refractivity contribution in [3.05, 3.63) is 45.7 Å². The fourth-order valence-electron chi connectivity index (χ4n) is 5.36. The van der Waals surface area contributed by atoms with E-state index in [0.29, 0.717) is 5.78 Å². The van der Waals surface area contributed by atoms with Gasteiger partial charge >= 0.3 is 0 Å². The van der Waals surface area contributed by atoms with Crippen LogP contribution in [0.5, 0.6) is 0 Å². The lowest BCUT2D eigenvalue weighted by atomic mass is 9.62. The molecule has 5 rings (SSSR count). The van der Waals surface area contributed by atoms with Crippen LogP contribution in [0.2, 0.25) is 0 Å². The number of rotatable bonds is 3. The minimum absolute atomic E-state index is 0.0530. The van der Waals surface area contributed by atoms with E-state index in [2.05, 4.69) is 52.9 Å². The standard InChI is InChI=1S/C22H26N4OS/c1-3-25-18-16-11-7-6-10-15(16)14-22(12-8-5-9-13-22)17(18)19(27)26-20(25)23-24-21(26)28-4-2/h6-7,10-11H,3-5,8-9,12-14H2,1-2H3. The highest BCUT2D eigenvalue weighted by molar-refractivity contribution is 7.99. The normalized spacial score (nSPS) is 17.6. The van der Waals surface area contributed by atoms with Crippen molar-refractivity contribution in [1.82, 2.24) is 19.2 Å². The van der Waals surface area contributed by atoms with Crippen LogP contribution in [0.15, 0.2) is 34.2 Å². The van der Waals surface area contributed by atoms with Gasteiger partial charge < -0.3 is 4.57 Å². The van der Waals surface area contributed by atoms with Crippen molar-refractivity contribution in [3.63, 3.8) is 0 Å². The number of nitrogens with zero attached hydrogens (tertiary/aromatic N) is 4. The highest BCUT2D eigenvalue weighted by Crippen LogP contribution is 2.49. The van der Waals surface area contributed by atoms with Crippen molar-refractivity contribution in [2.24, 2.45) is 0 Å². The van der Waals surface area contributed by atoms with Crippen LogP contribution in [0.1, 0.15) is 57.1 Å². The lowest BCUT2D eigenvalue weighted by Gasteiger charge is -2.42. The lowest BCUT2D eigenvalue weighted by molar-refractivity contribution is 0.283. The zero-order valence-electron chi connectivity index (χ0n) is 16.6. The Bertz CT molecular complexity index is 1110. The van der Waals surface area contributed by atoms with E-state index >= 15 is 0 Å². The second kappa shape index (κ2) is 6.76. The van der Waals surface area contributed by atoms with E-state index < -0.39 is 0 Å². The summed E-state index contributed by atoms with van der Waals surface area (Å²) in [6.45, 7) is 4.99. The molecule has 3 aromatic rings. The number of hydrogen-bond donors (Lipinski definition) is 0. The lowest BCUT2D eigenvalue weighted by Crippen LogP contribution is -2.42. The Morgan fingerprint density at radius 1 is 1.11 bits per heavy atom. The van der Waals surface area contributed by atoms with Gasteiger partial charge in [0.25, 0.3) is 5.56 Å². The Kier molecular flexibility index (Phi) is 4.34. The molecule has 2 aliphatic carbocycles. The molecule has 1 spiro atoms. The van der Waals surface area contributed by atoms with Crippen LogP contribution < -0.4 is 5.56 Å². The fraction of sp³-hybridized carbons (Fsp3) is 0.500. The summed E-state index contributed by atoms with van der Waals surface area (Å²) in [5.41, 5.74) is 4.71. The molecule has 0 amide bonds. The zero-order chi connectivity index (χ0) is 19.3. The first-order chi connectivity index (χ1) is 13.7. The van der Waals surface area contributed by atoms with Gasteiger partial charge in [-0.3, -0.25) is 4.79 Å². The van der Waals surface area contributed by atoms with Gasteiger partial charge in [0.05, 0.1) is 5.69 Å². The SMILES string of the molecule is CCSc1nnc2n(CC)c3c(c(=O)n12)C1(CCCCC1)Cc1ccccc1-3. The van der Waals surface area contributed by atoms with Crippen LogP contribution in [0.4, 0.5) is 0 Å². The average Bonchev–Trinajstić information content (AvgIpc) is 3.13. The monoisotopic (exact) mass is 394 g/mol. The van der Waals surface area contributed by atoms with E-state index in [1.54, 1.807) is 16.2 Å². The van der Waals surface area contributed by atoms with Crippen LogP contribution in [-0.2, 0) is 18.4 Å². The molecular weight excluding hydrogens is 368 g/mol. The number of aryl methyl sites for hydroxylation is 1. The molecule has 0 aliphatic heterocycles. The molecule has 2 aliphatic rings. The van der Waals surface area contributed by atoms with Crippen molar-refractivity contribution in [1.29, 1.82) is 0 Å². The molecule has 0 unspecified atom stereocenters. The highest BCUT2D eigenvalue weighted by atomic mass is 32.2. The van der Waals surface area contributed by atoms with Gasteiger partial charge in [0.15, 0.2) is 5.16 Å². The summed E-state index contributed by atoms with van der Waals surface area (Å²) < 4.78 is 4.00. The van der Waals surface area contributed by atoms with Crippen LogP contribution in [0.25, 0.3) is 17.0 Å². The molecule has 0 radical (unpaired) electrons. The Balaban J connectivity index is 1.93. The summed E-state index contributed by atoms with van der Waals surface area (Å²) in [6.07, 6.45) is 6.83. The molecule has 0 bridgehead atoms. The van der Waals surface area contributed by atoms with Gasteiger partial charge in [0, 0.05) is 23.1 Å². The van der Waals surface area contributed by atoms with Gasteiger partial charge in [-0.1, -0.05) is 62.2 Å². The van der Waals surface area contributed by atoms with Crippen molar-refractivity contribution >= 4 is 17.5 Å². The third kappa shape index (κ3) is 2.43. The smallest absolute Gasteiger partial charge is 0.265 e. The number of aromatic nitrogens is 4. The van der Waals surface area contributed by atoms with Crippen LogP contribution >= 0.6 is 11.8 Å². The molecule has 1 fully saturated rings. The molecule has 28 heavy (non-hydrogen) atoms. The molecule has 0 saturated heterocycles. The largest absolute Gasteiger partial charge is 0.309 e. The summed E-state index contributed by atoms with van der Waals surface area (Å²) >= 11 is 1.59. The van der Waals surface area contributed by atoms with Crippen molar-refractivity contribution in [3.8, 4) is 11.3 Å². The predicted octanol–water partition coefficient (Wildman–Crippen LogP) is 4.45. The van der Waals surface area contributed by atoms with Gasteiger partial charge in [-0.05, 0) is 37.5 Å². The van der Waals surface area contributed by atoms with E-state index in [4.69, 9.17) is 0 Å². The Hall–Kier alpha value is -2.08. The third-order valence-electron chi connectivity index (χ3n) is 6.51. The summed E-state index contributed by atoms with van der Waals surface area (Å²) in [5, 5.41) is 9.53. The average molecular weight is 395 g/mol. The second-order valence-corrected chi connectivity index (χ2v) is 9.23. The Morgan fingerprint density at radius 3 is 2.64 bits per heavy atom. The van der Waals surface area contributed by atoms with Gasteiger partial charge in [0.1, 0.15) is 0 Å². The van der Waals surface area contributed by atoms with E-state index in [1.807, 2.05) is 0 Å². The summed E-state index contributed by atoms with van der Waals surface area (Å²) in [4.78, 5) is 13.9.